The van der Waals surface area contributed by atoms with Crippen LogP contribution in [0.15, 0.2) is 0 Å². The molecule has 0 saturated carbocycles. The molecule has 2 saturated heterocycles. The molecule has 1 N–H and O–H groups in total. The Hall–Kier alpha value is -0.320. The molecule has 2 aliphatic rings. The maximum absolute atomic E-state index is 12.3. The summed E-state index contributed by atoms with van der Waals surface area (Å²) in [6, 6.07) is 0. The number of nitrogens with zero attached hydrogens (tertiary/aromatic N) is 1. The van der Waals surface area contributed by atoms with Crippen molar-refractivity contribution in [2.24, 2.45) is 5.41 Å². The number of rotatable bonds is 2. The molecule has 2 fully saturated rings. The van der Waals surface area contributed by atoms with Crippen molar-refractivity contribution in [3.63, 3.8) is 0 Å². The number of carbonyl (C=O) groups excluding carboxylic acids is 1. The van der Waals surface area contributed by atoms with Gasteiger partial charge in [-0.3, -0.25) is 4.79 Å². The van der Waals surface area contributed by atoms with E-state index in [9.17, 15) is 4.79 Å². The Morgan fingerprint density at radius 1 is 1.56 bits per heavy atom. The van der Waals surface area contributed by atoms with Crippen LogP contribution in [-0.2, 0) is 9.53 Å². The first-order valence-electron chi connectivity index (χ1n) is 6.76. The predicted octanol–water partition coefficient (Wildman–Crippen LogP) is 1.44. The van der Waals surface area contributed by atoms with Crippen LogP contribution in [-0.4, -0.2) is 49.7 Å². The van der Waals surface area contributed by atoms with Crippen LogP contribution in [0.5, 0.6) is 0 Å². The molecule has 0 radical (unpaired) electrons. The van der Waals surface area contributed by atoms with E-state index in [1.54, 1.807) is 0 Å². The zero-order chi connectivity index (χ0) is 12.3. The van der Waals surface area contributed by atoms with Gasteiger partial charge in [0.25, 0.3) is 5.91 Å². The van der Waals surface area contributed by atoms with E-state index >= 15 is 0 Å². The zero-order valence-corrected chi connectivity index (χ0v) is 12.2. The Balaban J connectivity index is 0.00000162. The number of halogens is 1. The van der Waals surface area contributed by atoms with Gasteiger partial charge in [0.2, 0.25) is 0 Å². The molecule has 2 aliphatic heterocycles. The number of amides is 1. The topological polar surface area (TPSA) is 41.6 Å². The van der Waals surface area contributed by atoms with Gasteiger partial charge < -0.3 is 15.0 Å². The van der Waals surface area contributed by atoms with Crippen LogP contribution < -0.4 is 5.32 Å². The summed E-state index contributed by atoms with van der Waals surface area (Å²) in [5, 5.41) is 3.22. The molecule has 0 bridgehead atoms. The van der Waals surface area contributed by atoms with Gasteiger partial charge in [0, 0.05) is 26.2 Å². The van der Waals surface area contributed by atoms with E-state index in [1.165, 1.54) is 6.42 Å². The monoisotopic (exact) mass is 276 g/mol. The van der Waals surface area contributed by atoms with Crippen molar-refractivity contribution in [1.82, 2.24) is 10.2 Å². The minimum Gasteiger partial charge on any atom is -0.366 e. The Morgan fingerprint density at radius 2 is 2.33 bits per heavy atom. The Bertz CT molecular complexity index is 282. The molecule has 2 atom stereocenters. The third-order valence-electron chi connectivity index (χ3n) is 4.15. The molecule has 106 valence electrons. The van der Waals surface area contributed by atoms with Crippen molar-refractivity contribution in [2.45, 2.75) is 39.2 Å². The molecule has 0 aromatic carbocycles. The van der Waals surface area contributed by atoms with Crippen LogP contribution in [0.4, 0.5) is 0 Å². The second-order valence-corrected chi connectivity index (χ2v) is 5.59. The van der Waals surface area contributed by atoms with Crippen molar-refractivity contribution in [1.29, 1.82) is 0 Å². The smallest absolute Gasteiger partial charge is 0.253 e. The van der Waals surface area contributed by atoms with Crippen LogP contribution in [0.25, 0.3) is 0 Å². The fraction of sp³-hybridized carbons (Fsp3) is 0.923. The third-order valence-corrected chi connectivity index (χ3v) is 4.15. The van der Waals surface area contributed by atoms with E-state index in [-0.39, 0.29) is 24.4 Å². The van der Waals surface area contributed by atoms with E-state index in [0.29, 0.717) is 18.6 Å². The number of ether oxygens (including phenoxy) is 1. The number of hydrogen-bond donors (Lipinski definition) is 1. The third kappa shape index (κ3) is 3.59. The van der Waals surface area contributed by atoms with Crippen LogP contribution in [0.1, 0.15) is 33.1 Å². The first-order valence-corrected chi connectivity index (χ1v) is 6.76. The van der Waals surface area contributed by atoms with Crippen LogP contribution in [0.2, 0.25) is 0 Å². The van der Waals surface area contributed by atoms with Crippen molar-refractivity contribution >= 4 is 18.3 Å². The van der Waals surface area contributed by atoms with E-state index in [4.69, 9.17) is 4.74 Å². The summed E-state index contributed by atoms with van der Waals surface area (Å²) >= 11 is 0. The normalized spacial score (nSPS) is 32.8. The van der Waals surface area contributed by atoms with Gasteiger partial charge in [-0.2, -0.15) is 0 Å². The SMILES string of the molecule is CCC1(C)CCCN(C(=O)C2CNCCO2)C1.Cl. The summed E-state index contributed by atoms with van der Waals surface area (Å²) in [5.74, 6) is 0.177. The highest BCUT2D eigenvalue weighted by atomic mass is 35.5. The Labute approximate surface area is 116 Å². The van der Waals surface area contributed by atoms with E-state index < -0.39 is 0 Å². The number of piperidine rings is 1. The summed E-state index contributed by atoms with van der Waals surface area (Å²) in [6.45, 7) is 8.46. The summed E-state index contributed by atoms with van der Waals surface area (Å²) in [7, 11) is 0. The molecule has 18 heavy (non-hydrogen) atoms. The van der Waals surface area contributed by atoms with Gasteiger partial charge in [-0.1, -0.05) is 13.8 Å². The second kappa shape index (κ2) is 6.73. The molecular formula is C13H25ClN2O2. The number of hydrogen-bond acceptors (Lipinski definition) is 3. The van der Waals surface area contributed by atoms with Crippen LogP contribution >= 0.6 is 12.4 Å². The van der Waals surface area contributed by atoms with Crippen molar-refractivity contribution in [3.05, 3.63) is 0 Å². The molecule has 2 unspecified atom stereocenters. The van der Waals surface area contributed by atoms with Gasteiger partial charge in [-0.15, -0.1) is 12.4 Å². The lowest BCUT2D eigenvalue weighted by Crippen LogP contribution is -2.53. The summed E-state index contributed by atoms with van der Waals surface area (Å²) in [5.41, 5.74) is 0.302. The molecule has 0 aromatic rings. The number of nitrogens with one attached hydrogen (secondary N) is 1. The Morgan fingerprint density at radius 3 is 2.94 bits per heavy atom. The van der Waals surface area contributed by atoms with Gasteiger partial charge in [0.1, 0.15) is 6.10 Å². The van der Waals surface area contributed by atoms with E-state index in [2.05, 4.69) is 19.2 Å². The zero-order valence-electron chi connectivity index (χ0n) is 11.4. The van der Waals surface area contributed by atoms with Gasteiger partial charge >= 0.3 is 0 Å². The summed E-state index contributed by atoms with van der Waals surface area (Å²) in [6.07, 6.45) is 3.23. The maximum atomic E-state index is 12.3. The number of morpholine rings is 1. The standard InChI is InChI=1S/C13H24N2O2.ClH/c1-3-13(2)5-4-7-15(10-13)12(16)11-9-14-6-8-17-11;/h11,14H,3-10H2,1-2H3;1H. The molecule has 0 aliphatic carbocycles. The summed E-state index contributed by atoms with van der Waals surface area (Å²) < 4.78 is 5.54. The van der Waals surface area contributed by atoms with Crippen LogP contribution in [0.3, 0.4) is 0 Å². The van der Waals surface area contributed by atoms with E-state index in [1.807, 2.05) is 4.90 Å². The first-order chi connectivity index (χ1) is 8.14. The van der Waals surface area contributed by atoms with Gasteiger partial charge in [-0.25, -0.2) is 0 Å². The Kier molecular flexibility index (Phi) is 5.89. The highest BCUT2D eigenvalue weighted by Gasteiger charge is 2.35. The number of carbonyl (C=O) groups is 1. The minimum absolute atomic E-state index is 0. The lowest BCUT2D eigenvalue weighted by molar-refractivity contribution is -0.148. The fourth-order valence-electron chi connectivity index (χ4n) is 2.72. The highest BCUT2D eigenvalue weighted by molar-refractivity contribution is 5.85. The average molecular weight is 277 g/mol. The quantitative estimate of drug-likeness (QED) is 0.830. The molecule has 2 rings (SSSR count). The van der Waals surface area contributed by atoms with Crippen molar-refractivity contribution in [2.75, 3.05) is 32.8 Å². The minimum atomic E-state index is -0.261. The first kappa shape index (κ1) is 15.7. The van der Waals surface area contributed by atoms with E-state index in [0.717, 1.165) is 32.5 Å². The second-order valence-electron chi connectivity index (χ2n) is 5.59. The summed E-state index contributed by atoms with van der Waals surface area (Å²) in [4.78, 5) is 14.3. The predicted molar refractivity (Wildman–Crippen MR) is 74.1 cm³/mol. The molecule has 5 heteroatoms. The molecule has 2 heterocycles. The average Bonchev–Trinajstić information content (AvgIpc) is 2.39. The molecule has 1 amide bonds. The maximum Gasteiger partial charge on any atom is 0.253 e. The van der Waals surface area contributed by atoms with Crippen molar-refractivity contribution in [3.8, 4) is 0 Å². The molecular weight excluding hydrogens is 252 g/mol. The molecule has 0 spiro atoms. The highest BCUT2D eigenvalue weighted by Crippen LogP contribution is 2.32. The largest absolute Gasteiger partial charge is 0.366 e. The number of likely N-dealkylation sites (tertiary alicyclic amines) is 1. The fourth-order valence-corrected chi connectivity index (χ4v) is 2.72. The van der Waals surface area contributed by atoms with Gasteiger partial charge in [-0.05, 0) is 24.7 Å². The molecule has 4 nitrogen and oxygen atoms in total. The lowest BCUT2D eigenvalue weighted by atomic mass is 9.79. The van der Waals surface area contributed by atoms with Gasteiger partial charge in [0.15, 0.2) is 0 Å². The van der Waals surface area contributed by atoms with Crippen molar-refractivity contribution < 1.29 is 9.53 Å². The lowest BCUT2D eigenvalue weighted by Gasteiger charge is -2.41. The van der Waals surface area contributed by atoms with Crippen LogP contribution in [0, 0.1) is 5.41 Å². The van der Waals surface area contributed by atoms with Gasteiger partial charge in [0.05, 0.1) is 6.61 Å². The molecule has 0 aromatic heterocycles.